The number of thiazole rings is 1. The smallest absolute Gasteiger partial charge is 0.271 e. The average Bonchev–Trinajstić information content (AvgIpc) is 2.96. The third kappa shape index (κ3) is 3.51. The molecule has 25 heavy (non-hydrogen) atoms. The lowest BCUT2D eigenvalue weighted by molar-refractivity contribution is 0.0952. The molecule has 1 N–H and O–H groups in total. The number of para-hydroxylation sites is 1. The molecule has 3 aromatic rings. The summed E-state index contributed by atoms with van der Waals surface area (Å²) in [5.74, 6) is 0.815. The summed E-state index contributed by atoms with van der Waals surface area (Å²) in [5.41, 5.74) is 4.12. The molecular formula is C18H19N3O3S. The van der Waals surface area contributed by atoms with Gasteiger partial charge >= 0.3 is 0 Å². The minimum Gasteiger partial charge on any atom is -0.493 e. The number of ether oxygens (including phenoxy) is 2. The molecule has 0 spiro atoms. The fourth-order valence-electron chi connectivity index (χ4n) is 2.43. The summed E-state index contributed by atoms with van der Waals surface area (Å²) < 4.78 is 13.8. The van der Waals surface area contributed by atoms with Gasteiger partial charge in [0.25, 0.3) is 5.91 Å². The van der Waals surface area contributed by atoms with Gasteiger partial charge in [0.05, 0.1) is 23.9 Å². The van der Waals surface area contributed by atoms with Crippen LogP contribution in [-0.2, 0) is 7.05 Å². The van der Waals surface area contributed by atoms with Gasteiger partial charge in [-0.2, -0.15) is 0 Å². The van der Waals surface area contributed by atoms with Gasteiger partial charge in [0, 0.05) is 12.6 Å². The van der Waals surface area contributed by atoms with Crippen molar-refractivity contribution < 1.29 is 14.3 Å². The molecule has 1 aromatic heterocycles. The van der Waals surface area contributed by atoms with Gasteiger partial charge in [0.1, 0.15) is 0 Å². The maximum atomic E-state index is 12.4. The molecule has 0 radical (unpaired) electrons. The Labute approximate surface area is 149 Å². The quantitative estimate of drug-likeness (QED) is 0.714. The second-order valence-electron chi connectivity index (χ2n) is 5.26. The minimum atomic E-state index is -0.307. The van der Waals surface area contributed by atoms with Gasteiger partial charge in [0.2, 0.25) is 4.80 Å². The van der Waals surface area contributed by atoms with Crippen LogP contribution in [0, 0.1) is 0 Å². The zero-order valence-electron chi connectivity index (χ0n) is 14.3. The number of carbonyl (C=O) groups excluding carboxylic acids is 1. The molecule has 0 bridgehead atoms. The van der Waals surface area contributed by atoms with E-state index in [0.29, 0.717) is 28.5 Å². The van der Waals surface area contributed by atoms with Gasteiger partial charge in [-0.1, -0.05) is 23.5 Å². The Morgan fingerprint density at radius 3 is 2.76 bits per heavy atom. The Morgan fingerprint density at radius 1 is 1.24 bits per heavy atom. The maximum absolute atomic E-state index is 12.4. The second-order valence-corrected chi connectivity index (χ2v) is 6.27. The van der Waals surface area contributed by atoms with Crippen LogP contribution in [0.5, 0.6) is 11.5 Å². The van der Waals surface area contributed by atoms with Crippen molar-refractivity contribution in [3.8, 4) is 11.5 Å². The first-order chi connectivity index (χ1) is 12.1. The van der Waals surface area contributed by atoms with Crippen LogP contribution in [0.1, 0.15) is 17.3 Å². The Hall–Kier alpha value is -2.80. The van der Waals surface area contributed by atoms with Gasteiger partial charge in [-0.25, -0.2) is 5.43 Å². The third-order valence-corrected chi connectivity index (χ3v) is 4.81. The van der Waals surface area contributed by atoms with Crippen LogP contribution in [0.2, 0.25) is 0 Å². The second kappa shape index (κ2) is 7.40. The van der Waals surface area contributed by atoms with Crippen LogP contribution in [0.4, 0.5) is 0 Å². The summed E-state index contributed by atoms with van der Waals surface area (Å²) >= 11 is 1.51. The molecule has 130 valence electrons. The number of fused-ring (bicyclic) bond motifs is 1. The number of nitrogens with zero attached hydrogens (tertiary/aromatic N) is 2. The predicted octanol–water partition coefficient (Wildman–Crippen LogP) is 2.89. The van der Waals surface area contributed by atoms with Crippen molar-refractivity contribution in [2.75, 3.05) is 13.7 Å². The highest BCUT2D eigenvalue weighted by molar-refractivity contribution is 7.16. The molecule has 6 nitrogen and oxygen atoms in total. The monoisotopic (exact) mass is 357 g/mol. The van der Waals surface area contributed by atoms with Crippen LogP contribution in [0.15, 0.2) is 47.6 Å². The van der Waals surface area contributed by atoms with E-state index in [1.807, 2.05) is 42.8 Å². The van der Waals surface area contributed by atoms with Crippen molar-refractivity contribution in [2.24, 2.45) is 12.1 Å². The molecule has 0 aliphatic carbocycles. The number of carbonyl (C=O) groups is 1. The highest BCUT2D eigenvalue weighted by Gasteiger charge is 2.11. The van der Waals surface area contributed by atoms with E-state index in [0.717, 1.165) is 10.2 Å². The number of benzene rings is 2. The van der Waals surface area contributed by atoms with E-state index in [1.165, 1.54) is 11.3 Å². The Balaban J connectivity index is 1.85. The number of aryl methyl sites for hydroxylation is 1. The number of amides is 1. The van der Waals surface area contributed by atoms with Crippen LogP contribution in [-0.4, -0.2) is 24.2 Å². The summed E-state index contributed by atoms with van der Waals surface area (Å²) in [6, 6.07) is 13.0. The normalized spacial score (nSPS) is 11.6. The highest BCUT2D eigenvalue weighted by Crippen LogP contribution is 2.28. The molecule has 0 atom stereocenters. The van der Waals surface area contributed by atoms with Gasteiger partial charge in [-0.3, -0.25) is 4.79 Å². The number of rotatable bonds is 5. The summed E-state index contributed by atoms with van der Waals surface area (Å²) in [5, 5.41) is 4.24. The van der Waals surface area contributed by atoms with Crippen LogP contribution in [0.25, 0.3) is 10.2 Å². The molecule has 3 rings (SSSR count). The van der Waals surface area contributed by atoms with E-state index in [9.17, 15) is 4.79 Å². The summed E-state index contributed by atoms with van der Waals surface area (Å²) in [6.07, 6.45) is 0. The standard InChI is InChI=1S/C18H19N3O3S/c1-4-24-14-10-9-12(11-15(14)23-3)17(22)19-20-18-21(2)13-7-5-6-8-16(13)25-18/h5-11H,4H2,1-3H3,(H,19,22)/b20-18-. The molecule has 1 heterocycles. The SMILES string of the molecule is CCOc1ccc(C(=O)N/N=c2\sc3ccccc3n2C)cc1OC. The van der Waals surface area contributed by atoms with E-state index in [2.05, 4.69) is 10.5 Å². The van der Waals surface area contributed by atoms with Gasteiger partial charge in [-0.05, 0) is 37.3 Å². The Kier molecular flexibility index (Phi) is 5.04. The first-order valence-electron chi connectivity index (χ1n) is 7.83. The van der Waals surface area contributed by atoms with Crippen molar-refractivity contribution in [1.82, 2.24) is 9.99 Å². The lowest BCUT2D eigenvalue weighted by Gasteiger charge is -2.10. The number of aromatic nitrogens is 1. The molecule has 0 saturated carbocycles. The summed E-state index contributed by atoms with van der Waals surface area (Å²) in [4.78, 5) is 13.1. The average molecular weight is 357 g/mol. The fourth-order valence-corrected chi connectivity index (χ4v) is 3.41. The predicted molar refractivity (Wildman–Crippen MR) is 98.0 cm³/mol. The van der Waals surface area contributed by atoms with E-state index < -0.39 is 0 Å². The molecule has 0 aliphatic rings. The van der Waals surface area contributed by atoms with E-state index in [-0.39, 0.29) is 5.91 Å². The van der Waals surface area contributed by atoms with Crippen molar-refractivity contribution in [3.05, 3.63) is 52.8 Å². The van der Waals surface area contributed by atoms with Crippen molar-refractivity contribution in [1.29, 1.82) is 0 Å². The molecule has 2 aromatic carbocycles. The lowest BCUT2D eigenvalue weighted by atomic mass is 10.2. The summed E-state index contributed by atoms with van der Waals surface area (Å²) in [6.45, 7) is 2.42. The third-order valence-electron chi connectivity index (χ3n) is 3.69. The van der Waals surface area contributed by atoms with Gasteiger partial charge in [-0.15, -0.1) is 5.10 Å². The number of nitrogens with one attached hydrogen (secondary N) is 1. The lowest BCUT2D eigenvalue weighted by Crippen LogP contribution is -2.23. The number of methoxy groups -OCH3 is 1. The maximum Gasteiger partial charge on any atom is 0.271 e. The first kappa shape index (κ1) is 17.0. The minimum absolute atomic E-state index is 0.307. The van der Waals surface area contributed by atoms with Crippen LogP contribution in [0.3, 0.4) is 0 Å². The Morgan fingerprint density at radius 2 is 2.04 bits per heavy atom. The Bertz CT molecular complexity index is 975. The van der Waals surface area contributed by atoms with E-state index >= 15 is 0 Å². The zero-order chi connectivity index (χ0) is 17.8. The molecule has 0 aliphatic heterocycles. The van der Waals surface area contributed by atoms with Crippen LogP contribution < -0.4 is 19.7 Å². The van der Waals surface area contributed by atoms with Crippen molar-refractivity contribution in [2.45, 2.75) is 6.92 Å². The van der Waals surface area contributed by atoms with E-state index in [1.54, 1.807) is 25.3 Å². The number of hydrogen-bond acceptors (Lipinski definition) is 5. The number of hydrogen-bond donors (Lipinski definition) is 1. The first-order valence-corrected chi connectivity index (χ1v) is 8.65. The fraction of sp³-hybridized carbons (Fsp3) is 0.222. The summed E-state index contributed by atoms with van der Waals surface area (Å²) in [7, 11) is 3.46. The van der Waals surface area contributed by atoms with Crippen LogP contribution >= 0.6 is 11.3 Å². The zero-order valence-corrected chi connectivity index (χ0v) is 15.1. The van der Waals surface area contributed by atoms with Crippen molar-refractivity contribution in [3.63, 3.8) is 0 Å². The molecule has 0 saturated heterocycles. The van der Waals surface area contributed by atoms with Crippen molar-refractivity contribution >= 4 is 27.5 Å². The molecule has 0 fully saturated rings. The molecular weight excluding hydrogens is 338 g/mol. The largest absolute Gasteiger partial charge is 0.493 e. The van der Waals surface area contributed by atoms with Gasteiger partial charge in [0.15, 0.2) is 11.5 Å². The molecule has 1 amide bonds. The van der Waals surface area contributed by atoms with Gasteiger partial charge < -0.3 is 14.0 Å². The molecule has 7 heteroatoms. The van der Waals surface area contributed by atoms with E-state index in [4.69, 9.17) is 9.47 Å². The topological polar surface area (TPSA) is 64.8 Å². The molecule has 0 unspecified atom stereocenters. The highest BCUT2D eigenvalue weighted by atomic mass is 32.1.